The quantitative estimate of drug-likeness (QED) is 0.498. The molecule has 0 unspecified atom stereocenters. The Balaban J connectivity index is 1.46. The molecule has 2 aromatic carbocycles. The molecular weight excluding hydrogens is 359 g/mol. The lowest BCUT2D eigenvalue weighted by Gasteiger charge is -2.28. The minimum absolute atomic E-state index is 0.0539. The van der Waals surface area contributed by atoms with Gasteiger partial charge in [0.15, 0.2) is 0 Å². The highest BCUT2D eigenvalue weighted by molar-refractivity contribution is 6.08. The van der Waals surface area contributed by atoms with Crippen molar-refractivity contribution in [2.75, 3.05) is 0 Å². The van der Waals surface area contributed by atoms with Crippen LogP contribution >= 0.6 is 0 Å². The maximum absolute atomic E-state index is 14.9. The molecule has 2 fully saturated rings. The molecule has 0 aromatic heterocycles. The van der Waals surface area contributed by atoms with Gasteiger partial charge in [-0.3, -0.25) is 0 Å². The standard InChI is InChI=1S/C26H35FSi/c1-18-2-6-20(7-3-18)21-10-12-23(13-11-21)25-15-14-24(16-26(25)27)22-8-4-19(17-28)5-9-22/h10-16,18-20,22H,2-9,17H2,1,28H3. The van der Waals surface area contributed by atoms with E-state index in [9.17, 15) is 4.39 Å². The first-order chi connectivity index (χ1) is 13.6. The summed E-state index contributed by atoms with van der Waals surface area (Å²) in [5.74, 6) is 3.02. The van der Waals surface area contributed by atoms with Crippen molar-refractivity contribution >= 4 is 10.2 Å². The Hall–Kier alpha value is -1.41. The van der Waals surface area contributed by atoms with Crippen molar-refractivity contribution in [1.29, 1.82) is 0 Å². The van der Waals surface area contributed by atoms with Crippen molar-refractivity contribution in [1.82, 2.24) is 0 Å². The molecule has 2 aliphatic rings. The summed E-state index contributed by atoms with van der Waals surface area (Å²) in [5, 5.41) is 0. The van der Waals surface area contributed by atoms with Crippen LogP contribution in [0, 0.1) is 17.7 Å². The van der Waals surface area contributed by atoms with E-state index in [1.54, 1.807) is 0 Å². The number of hydrogen-bond acceptors (Lipinski definition) is 0. The number of benzene rings is 2. The zero-order valence-electron chi connectivity index (χ0n) is 17.6. The highest BCUT2D eigenvalue weighted by Crippen LogP contribution is 2.39. The van der Waals surface area contributed by atoms with E-state index in [1.807, 2.05) is 12.1 Å². The molecule has 2 aromatic rings. The zero-order valence-corrected chi connectivity index (χ0v) is 19.6. The van der Waals surface area contributed by atoms with Crippen LogP contribution in [0.5, 0.6) is 0 Å². The third-order valence-electron chi connectivity index (χ3n) is 7.60. The van der Waals surface area contributed by atoms with Crippen LogP contribution in [0.3, 0.4) is 0 Å². The summed E-state index contributed by atoms with van der Waals surface area (Å²) in [6.07, 6.45) is 10.4. The van der Waals surface area contributed by atoms with E-state index in [0.717, 1.165) is 23.0 Å². The molecule has 2 heteroatoms. The van der Waals surface area contributed by atoms with E-state index in [-0.39, 0.29) is 5.82 Å². The van der Waals surface area contributed by atoms with Crippen molar-refractivity contribution in [2.24, 2.45) is 11.8 Å². The average molecular weight is 395 g/mol. The molecule has 0 radical (unpaired) electrons. The summed E-state index contributed by atoms with van der Waals surface area (Å²) in [4.78, 5) is 0. The van der Waals surface area contributed by atoms with Gasteiger partial charge in [0.2, 0.25) is 0 Å². The van der Waals surface area contributed by atoms with Gasteiger partial charge in [-0.1, -0.05) is 75.0 Å². The Morgan fingerprint density at radius 2 is 1.36 bits per heavy atom. The smallest absolute Gasteiger partial charge is 0.131 e. The normalized spacial score (nSPS) is 28.4. The predicted octanol–water partition coefficient (Wildman–Crippen LogP) is 6.84. The second-order valence-electron chi connectivity index (χ2n) is 9.44. The Kier molecular flexibility index (Phi) is 6.35. The van der Waals surface area contributed by atoms with Gasteiger partial charge in [-0.25, -0.2) is 4.39 Å². The van der Waals surface area contributed by atoms with Crippen LogP contribution < -0.4 is 0 Å². The number of rotatable bonds is 4. The van der Waals surface area contributed by atoms with Gasteiger partial charge in [0.25, 0.3) is 0 Å². The van der Waals surface area contributed by atoms with Crippen LogP contribution in [0.4, 0.5) is 4.39 Å². The summed E-state index contributed by atoms with van der Waals surface area (Å²) in [6, 6.07) is 16.2. The van der Waals surface area contributed by atoms with Gasteiger partial charge < -0.3 is 0 Å². The van der Waals surface area contributed by atoms with Crippen LogP contribution in [0.2, 0.25) is 6.04 Å². The third kappa shape index (κ3) is 4.43. The number of halogens is 1. The van der Waals surface area contributed by atoms with Gasteiger partial charge >= 0.3 is 0 Å². The van der Waals surface area contributed by atoms with E-state index in [2.05, 4.69) is 37.3 Å². The van der Waals surface area contributed by atoms with Crippen molar-refractivity contribution < 1.29 is 4.39 Å². The molecule has 0 spiro atoms. The van der Waals surface area contributed by atoms with Crippen molar-refractivity contribution in [3.05, 3.63) is 59.4 Å². The summed E-state index contributed by atoms with van der Waals surface area (Å²) in [5.41, 5.74) is 4.40. The van der Waals surface area contributed by atoms with Crippen LogP contribution in [0.25, 0.3) is 11.1 Å². The monoisotopic (exact) mass is 394 g/mol. The molecule has 0 aliphatic heterocycles. The molecule has 0 N–H and O–H groups in total. The van der Waals surface area contributed by atoms with Gasteiger partial charge in [0, 0.05) is 15.8 Å². The second kappa shape index (κ2) is 8.94. The second-order valence-corrected chi connectivity index (χ2v) is 10.3. The molecular formula is C26H35FSi. The summed E-state index contributed by atoms with van der Waals surface area (Å²) < 4.78 is 14.9. The Labute approximate surface area is 173 Å². The molecule has 2 aliphatic carbocycles. The van der Waals surface area contributed by atoms with Crippen LogP contribution in [0.15, 0.2) is 42.5 Å². The lowest BCUT2D eigenvalue weighted by molar-refractivity contribution is 0.347. The van der Waals surface area contributed by atoms with Gasteiger partial charge in [-0.2, -0.15) is 0 Å². The van der Waals surface area contributed by atoms with E-state index >= 15 is 0 Å². The fourth-order valence-corrected chi connectivity index (χ4v) is 6.27. The molecule has 28 heavy (non-hydrogen) atoms. The third-order valence-corrected chi connectivity index (χ3v) is 8.75. The molecule has 0 saturated heterocycles. The maximum Gasteiger partial charge on any atom is 0.131 e. The van der Waals surface area contributed by atoms with Crippen LogP contribution in [-0.4, -0.2) is 10.2 Å². The topological polar surface area (TPSA) is 0 Å². The maximum atomic E-state index is 14.9. The van der Waals surface area contributed by atoms with Gasteiger partial charge in [0.05, 0.1) is 0 Å². The fraction of sp³-hybridized carbons (Fsp3) is 0.538. The van der Waals surface area contributed by atoms with Crippen LogP contribution in [0.1, 0.15) is 81.3 Å². The van der Waals surface area contributed by atoms with Crippen LogP contribution in [-0.2, 0) is 0 Å². The summed E-state index contributed by atoms with van der Waals surface area (Å²) >= 11 is 0. The molecule has 0 nitrogen and oxygen atoms in total. The lowest BCUT2D eigenvalue weighted by atomic mass is 9.78. The molecule has 0 bridgehead atoms. The first kappa shape index (κ1) is 19.9. The number of hydrogen-bond donors (Lipinski definition) is 0. The summed E-state index contributed by atoms with van der Waals surface area (Å²) in [7, 11) is 1.32. The minimum Gasteiger partial charge on any atom is -0.206 e. The van der Waals surface area contributed by atoms with Crippen molar-refractivity contribution in [2.45, 2.75) is 76.2 Å². The molecule has 2 saturated carbocycles. The lowest BCUT2D eigenvalue weighted by Crippen LogP contribution is -2.13. The highest BCUT2D eigenvalue weighted by atomic mass is 28.1. The van der Waals surface area contributed by atoms with E-state index in [4.69, 9.17) is 0 Å². The minimum atomic E-state index is -0.0539. The Bertz CT molecular complexity index is 766. The molecule has 4 rings (SSSR count). The fourth-order valence-electron chi connectivity index (χ4n) is 5.45. The van der Waals surface area contributed by atoms with Gasteiger partial charge in [0.1, 0.15) is 5.82 Å². The predicted molar refractivity (Wildman–Crippen MR) is 122 cm³/mol. The van der Waals surface area contributed by atoms with Crippen molar-refractivity contribution in [3.8, 4) is 11.1 Å². The molecule has 150 valence electrons. The zero-order chi connectivity index (χ0) is 19.5. The van der Waals surface area contributed by atoms with Crippen molar-refractivity contribution in [3.63, 3.8) is 0 Å². The van der Waals surface area contributed by atoms with E-state index < -0.39 is 0 Å². The Morgan fingerprint density at radius 3 is 1.96 bits per heavy atom. The Morgan fingerprint density at radius 1 is 0.786 bits per heavy atom. The van der Waals surface area contributed by atoms with E-state index in [0.29, 0.717) is 11.8 Å². The highest BCUT2D eigenvalue weighted by Gasteiger charge is 2.22. The first-order valence-corrected chi connectivity index (χ1v) is 12.9. The largest absolute Gasteiger partial charge is 0.206 e. The molecule has 0 amide bonds. The van der Waals surface area contributed by atoms with E-state index in [1.165, 1.54) is 78.8 Å². The first-order valence-electron chi connectivity index (χ1n) is 11.5. The summed E-state index contributed by atoms with van der Waals surface area (Å²) in [6.45, 7) is 2.36. The average Bonchev–Trinajstić information content (AvgIpc) is 2.74. The van der Waals surface area contributed by atoms with Gasteiger partial charge in [-0.05, 0) is 72.1 Å². The van der Waals surface area contributed by atoms with Gasteiger partial charge in [-0.15, -0.1) is 0 Å². The molecule has 0 atom stereocenters. The molecule has 0 heterocycles. The SMILES string of the molecule is CC1CCC(c2ccc(-c3ccc(C4CCC(C[SiH3])CC4)cc3F)cc2)CC1.